The number of hydrogen-bond donors (Lipinski definition) is 2. The SMILES string of the molecule is Cc1ccc(OC/C(N)=N/N)cc1C. The van der Waals surface area contributed by atoms with Gasteiger partial charge < -0.3 is 16.3 Å². The van der Waals surface area contributed by atoms with E-state index < -0.39 is 0 Å². The molecule has 4 N–H and O–H groups in total. The van der Waals surface area contributed by atoms with Gasteiger partial charge in [-0.05, 0) is 37.1 Å². The number of amidine groups is 1. The maximum absolute atomic E-state index is 5.39. The molecule has 0 atom stereocenters. The fourth-order valence-corrected chi connectivity index (χ4v) is 0.998. The highest BCUT2D eigenvalue weighted by molar-refractivity contribution is 5.81. The average Bonchev–Trinajstić information content (AvgIpc) is 2.19. The van der Waals surface area contributed by atoms with E-state index in [2.05, 4.69) is 12.0 Å². The van der Waals surface area contributed by atoms with Crippen LogP contribution < -0.4 is 16.3 Å². The largest absolute Gasteiger partial charge is 0.486 e. The normalized spacial score (nSPS) is 11.4. The van der Waals surface area contributed by atoms with Crippen molar-refractivity contribution >= 4 is 5.84 Å². The second-order valence-electron chi connectivity index (χ2n) is 3.16. The molecule has 0 saturated carbocycles. The van der Waals surface area contributed by atoms with E-state index in [0.29, 0.717) is 0 Å². The quantitative estimate of drug-likeness (QED) is 0.324. The molecule has 0 unspecified atom stereocenters. The molecule has 76 valence electrons. The summed E-state index contributed by atoms with van der Waals surface area (Å²) in [6.45, 7) is 4.30. The van der Waals surface area contributed by atoms with Gasteiger partial charge in [-0.2, -0.15) is 5.10 Å². The van der Waals surface area contributed by atoms with Crippen LogP contribution in [0.5, 0.6) is 5.75 Å². The van der Waals surface area contributed by atoms with Crippen molar-refractivity contribution in [2.45, 2.75) is 13.8 Å². The summed E-state index contributed by atoms with van der Waals surface area (Å²) in [5, 5.41) is 3.31. The summed E-state index contributed by atoms with van der Waals surface area (Å²) in [7, 11) is 0. The molecule has 1 aromatic rings. The first kappa shape index (κ1) is 10.4. The van der Waals surface area contributed by atoms with Crippen molar-refractivity contribution < 1.29 is 4.74 Å². The first-order chi connectivity index (χ1) is 6.63. The Balaban J connectivity index is 2.64. The van der Waals surface area contributed by atoms with E-state index in [1.807, 2.05) is 25.1 Å². The molecule has 4 nitrogen and oxygen atoms in total. The number of rotatable bonds is 3. The van der Waals surface area contributed by atoms with E-state index in [1.165, 1.54) is 11.1 Å². The molecule has 0 heterocycles. The van der Waals surface area contributed by atoms with Crippen LogP contribution in [0.4, 0.5) is 0 Å². The zero-order valence-corrected chi connectivity index (χ0v) is 8.45. The molecule has 0 spiro atoms. The smallest absolute Gasteiger partial charge is 0.157 e. The fraction of sp³-hybridized carbons (Fsp3) is 0.300. The molecule has 0 fully saturated rings. The molecule has 14 heavy (non-hydrogen) atoms. The van der Waals surface area contributed by atoms with Gasteiger partial charge in [0.25, 0.3) is 0 Å². The first-order valence-electron chi connectivity index (χ1n) is 4.35. The van der Waals surface area contributed by atoms with Crippen LogP contribution in [0, 0.1) is 13.8 Å². The molecular weight excluding hydrogens is 178 g/mol. The molecular formula is C10H15N3O. The number of nitrogens with zero attached hydrogens (tertiary/aromatic N) is 1. The molecule has 0 aliphatic heterocycles. The third-order valence-electron chi connectivity index (χ3n) is 2.03. The van der Waals surface area contributed by atoms with Crippen molar-refractivity contribution in [3.63, 3.8) is 0 Å². The molecule has 0 bridgehead atoms. The van der Waals surface area contributed by atoms with Gasteiger partial charge in [-0.3, -0.25) is 0 Å². The van der Waals surface area contributed by atoms with Crippen LogP contribution in [0.1, 0.15) is 11.1 Å². The third kappa shape index (κ3) is 2.65. The van der Waals surface area contributed by atoms with E-state index >= 15 is 0 Å². The lowest BCUT2D eigenvalue weighted by molar-refractivity contribution is 0.374. The van der Waals surface area contributed by atoms with Gasteiger partial charge in [0.1, 0.15) is 12.4 Å². The van der Waals surface area contributed by atoms with Crippen LogP contribution in [0.15, 0.2) is 23.3 Å². The highest BCUT2D eigenvalue weighted by Crippen LogP contribution is 2.15. The van der Waals surface area contributed by atoms with Crippen LogP contribution in [-0.2, 0) is 0 Å². The zero-order valence-electron chi connectivity index (χ0n) is 8.45. The van der Waals surface area contributed by atoms with Crippen LogP contribution >= 0.6 is 0 Å². The number of aryl methyl sites for hydroxylation is 2. The molecule has 0 aliphatic carbocycles. The Kier molecular flexibility index (Phi) is 3.34. The van der Waals surface area contributed by atoms with Crippen molar-refractivity contribution in [1.29, 1.82) is 0 Å². The minimum Gasteiger partial charge on any atom is -0.486 e. The maximum atomic E-state index is 5.39. The first-order valence-corrected chi connectivity index (χ1v) is 4.35. The van der Waals surface area contributed by atoms with E-state index in [-0.39, 0.29) is 12.4 Å². The lowest BCUT2D eigenvalue weighted by Crippen LogP contribution is -2.22. The zero-order chi connectivity index (χ0) is 10.6. The van der Waals surface area contributed by atoms with E-state index in [4.69, 9.17) is 16.3 Å². The topological polar surface area (TPSA) is 73.6 Å². The Morgan fingerprint density at radius 1 is 1.36 bits per heavy atom. The predicted molar refractivity (Wildman–Crippen MR) is 57.2 cm³/mol. The van der Waals surface area contributed by atoms with Crippen molar-refractivity contribution in [3.8, 4) is 5.75 Å². The summed E-state index contributed by atoms with van der Waals surface area (Å²) >= 11 is 0. The van der Waals surface area contributed by atoms with Crippen LogP contribution in [-0.4, -0.2) is 12.4 Å². The van der Waals surface area contributed by atoms with Crippen molar-refractivity contribution in [2.75, 3.05) is 6.61 Å². The minimum atomic E-state index is 0.221. The minimum absolute atomic E-state index is 0.221. The summed E-state index contributed by atoms with van der Waals surface area (Å²) in [5.74, 6) is 6.03. The van der Waals surface area contributed by atoms with Crippen molar-refractivity contribution in [1.82, 2.24) is 0 Å². The standard InChI is InChI=1S/C10H15N3O/c1-7-3-4-9(5-8(7)2)14-6-10(11)13-12/h3-5H,6,12H2,1-2H3,(H2,11,13). The number of benzene rings is 1. The average molecular weight is 193 g/mol. The second-order valence-corrected chi connectivity index (χ2v) is 3.16. The molecule has 0 aromatic heterocycles. The van der Waals surface area contributed by atoms with Gasteiger partial charge in [0.05, 0.1) is 0 Å². The van der Waals surface area contributed by atoms with Crippen molar-refractivity contribution in [3.05, 3.63) is 29.3 Å². The van der Waals surface area contributed by atoms with Gasteiger partial charge in [-0.15, -0.1) is 0 Å². The molecule has 1 aromatic carbocycles. The van der Waals surface area contributed by atoms with Gasteiger partial charge in [-0.1, -0.05) is 6.07 Å². The predicted octanol–water partition coefficient (Wildman–Crippen LogP) is 0.913. The summed E-state index contributed by atoms with van der Waals surface area (Å²) in [6.07, 6.45) is 0. The molecule has 1 rings (SSSR count). The summed E-state index contributed by atoms with van der Waals surface area (Å²) in [4.78, 5) is 0. The Morgan fingerprint density at radius 3 is 2.64 bits per heavy atom. The van der Waals surface area contributed by atoms with Crippen molar-refractivity contribution in [2.24, 2.45) is 16.7 Å². The van der Waals surface area contributed by atoms with Crippen LogP contribution in [0.2, 0.25) is 0 Å². The van der Waals surface area contributed by atoms with E-state index in [9.17, 15) is 0 Å². The Labute approximate surface area is 83.5 Å². The van der Waals surface area contributed by atoms with E-state index in [1.54, 1.807) is 0 Å². The number of hydrogen-bond acceptors (Lipinski definition) is 3. The summed E-state index contributed by atoms with van der Waals surface area (Å²) in [5.41, 5.74) is 7.81. The highest BCUT2D eigenvalue weighted by atomic mass is 16.5. The van der Waals surface area contributed by atoms with Gasteiger partial charge in [-0.25, -0.2) is 0 Å². The third-order valence-corrected chi connectivity index (χ3v) is 2.03. The van der Waals surface area contributed by atoms with Gasteiger partial charge in [0, 0.05) is 0 Å². The molecule has 4 heteroatoms. The monoisotopic (exact) mass is 193 g/mol. The lowest BCUT2D eigenvalue weighted by atomic mass is 10.1. The number of nitrogens with two attached hydrogens (primary N) is 2. The molecule has 0 radical (unpaired) electrons. The maximum Gasteiger partial charge on any atom is 0.157 e. The van der Waals surface area contributed by atoms with Crippen LogP contribution in [0.3, 0.4) is 0 Å². The molecule has 0 amide bonds. The Morgan fingerprint density at radius 2 is 2.07 bits per heavy atom. The summed E-state index contributed by atoms with van der Waals surface area (Å²) < 4.78 is 5.36. The number of hydrazone groups is 1. The second kappa shape index (κ2) is 4.50. The Hall–Kier alpha value is -1.71. The van der Waals surface area contributed by atoms with E-state index in [0.717, 1.165) is 5.75 Å². The van der Waals surface area contributed by atoms with Gasteiger partial charge in [0.2, 0.25) is 0 Å². The molecule has 0 saturated heterocycles. The Bertz CT molecular complexity index is 347. The van der Waals surface area contributed by atoms with Crippen LogP contribution in [0.25, 0.3) is 0 Å². The number of ether oxygens (including phenoxy) is 1. The lowest BCUT2D eigenvalue weighted by Gasteiger charge is -2.07. The highest BCUT2D eigenvalue weighted by Gasteiger charge is 1.98. The molecule has 0 aliphatic rings. The fourth-order valence-electron chi connectivity index (χ4n) is 0.998. The van der Waals surface area contributed by atoms with Gasteiger partial charge >= 0.3 is 0 Å². The summed E-state index contributed by atoms with van der Waals surface area (Å²) in [6, 6.07) is 5.85. The van der Waals surface area contributed by atoms with Gasteiger partial charge in [0.15, 0.2) is 5.84 Å².